The summed E-state index contributed by atoms with van der Waals surface area (Å²) in [6.07, 6.45) is 7.19. The summed E-state index contributed by atoms with van der Waals surface area (Å²) >= 11 is 0. The van der Waals surface area contributed by atoms with Crippen molar-refractivity contribution in [2.24, 2.45) is 0 Å². The lowest BCUT2D eigenvalue weighted by Gasteiger charge is -1.97. The summed E-state index contributed by atoms with van der Waals surface area (Å²) in [6.45, 7) is 0. The van der Waals surface area contributed by atoms with Crippen molar-refractivity contribution in [2.45, 2.75) is 0 Å². The molecule has 0 bridgehead atoms. The SMILES string of the molecule is c1ccccc1.c1cncc(-c2cccnc2)c1. The van der Waals surface area contributed by atoms with Crippen LogP contribution in [0.15, 0.2) is 85.5 Å². The van der Waals surface area contributed by atoms with Gasteiger partial charge in [0.25, 0.3) is 0 Å². The molecule has 0 N–H and O–H groups in total. The molecule has 2 nitrogen and oxygen atoms in total. The fourth-order valence-corrected chi connectivity index (χ4v) is 1.45. The third kappa shape index (κ3) is 3.83. The predicted octanol–water partition coefficient (Wildman–Crippen LogP) is 3.83. The molecule has 3 rings (SSSR count). The number of aromatic nitrogens is 2. The average Bonchev–Trinajstić information content (AvgIpc) is 2.51. The molecule has 88 valence electrons. The van der Waals surface area contributed by atoms with Crippen molar-refractivity contribution in [1.29, 1.82) is 0 Å². The number of benzene rings is 1. The summed E-state index contributed by atoms with van der Waals surface area (Å²) in [6, 6.07) is 19.9. The minimum Gasteiger partial charge on any atom is -0.264 e. The molecule has 0 unspecified atom stereocenters. The maximum atomic E-state index is 4.03. The van der Waals surface area contributed by atoms with Crippen molar-refractivity contribution in [3.8, 4) is 11.1 Å². The van der Waals surface area contributed by atoms with E-state index >= 15 is 0 Å². The van der Waals surface area contributed by atoms with Crippen LogP contribution < -0.4 is 0 Å². The lowest BCUT2D eigenvalue weighted by molar-refractivity contribution is 1.30. The van der Waals surface area contributed by atoms with Crippen LogP contribution >= 0.6 is 0 Å². The maximum absolute atomic E-state index is 4.03. The Kier molecular flexibility index (Phi) is 4.64. The van der Waals surface area contributed by atoms with Crippen LogP contribution in [0, 0.1) is 0 Å². The maximum Gasteiger partial charge on any atom is 0.0346 e. The van der Waals surface area contributed by atoms with E-state index in [1.807, 2.05) is 73.1 Å². The quantitative estimate of drug-likeness (QED) is 0.639. The summed E-state index contributed by atoms with van der Waals surface area (Å²) in [5.41, 5.74) is 2.20. The second-order valence-electron chi connectivity index (χ2n) is 3.64. The highest BCUT2D eigenvalue weighted by molar-refractivity contribution is 5.60. The highest BCUT2D eigenvalue weighted by atomic mass is 14.6. The van der Waals surface area contributed by atoms with Gasteiger partial charge in [-0.3, -0.25) is 9.97 Å². The molecule has 2 heterocycles. The van der Waals surface area contributed by atoms with Gasteiger partial charge in [0.1, 0.15) is 0 Å². The number of nitrogens with zero attached hydrogens (tertiary/aromatic N) is 2. The van der Waals surface area contributed by atoms with Gasteiger partial charge in [-0.2, -0.15) is 0 Å². The molecule has 2 heteroatoms. The van der Waals surface area contributed by atoms with E-state index in [1.54, 1.807) is 12.4 Å². The summed E-state index contributed by atoms with van der Waals surface area (Å²) < 4.78 is 0. The Morgan fingerprint density at radius 3 is 1.17 bits per heavy atom. The molecule has 0 spiro atoms. The van der Waals surface area contributed by atoms with Gasteiger partial charge in [-0.25, -0.2) is 0 Å². The van der Waals surface area contributed by atoms with Gasteiger partial charge < -0.3 is 0 Å². The van der Waals surface area contributed by atoms with E-state index in [9.17, 15) is 0 Å². The molecule has 0 atom stereocenters. The van der Waals surface area contributed by atoms with Crippen molar-refractivity contribution in [3.05, 3.63) is 85.5 Å². The van der Waals surface area contributed by atoms with E-state index in [4.69, 9.17) is 0 Å². The number of hydrogen-bond donors (Lipinski definition) is 0. The molecule has 0 aliphatic heterocycles. The van der Waals surface area contributed by atoms with Gasteiger partial charge >= 0.3 is 0 Å². The Bertz CT molecular complexity index is 472. The first-order valence-electron chi connectivity index (χ1n) is 5.77. The molecule has 1 aromatic carbocycles. The molecule has 0 saturated carbocycles. The molecule has 0 fully saturated rings. The van der Waals surface area contributed by atoms with E-state index in [1.165, 1.54) is 0 Å². The van der Waals surface area contributed by atoms with Crippen LogP contribution in [0.1, 0.15) is 0 Å². The first-order valence-corrected chi connectivity index (χ1v) is 5.77. The predicted molar refractivity (Wildman–Crippen MR) is 73.9 cm³/mol. The number of pyridine rings is 2. The Morgan fingerprint density at radius 2 is 0.889 bits per heavy atom. The van der Waals surface area contributed by atoms with Crippen LogP contribution in [-0.2, 0) is 0 Å². The zero-order valence-electron chi connectivity index (χ0n) is 9.98. The van der Waals surface area contributed by atoms with Gasteiger partial charge in [0.2, 0.25) is 0 Å². The number of hydrogen-bond acceptors (Lipinski definition) is 2. The van der Waals surface area contributed by atoms with Crippen LogP contribution in [0.3, 0.4) is 0 Å². The molecule has 0 amide bonds. The summed E-state index contributed by atoms with van der Waals surface area (Å²) in [5.74, 6) is 0. The smallest absolute Gasteiger partial charge is 0.0346 e. The first kappa shape index (κ1) is 12.0. The van der Waals surface area contributed by atoms with Crippen molar-refractivity contribution < 1.29 is 0 Å². The van der Waals surface area contributed by atoms with Crippen molar-refractivity contribution in [2.75, 3.05) is 0 Å². The van der Waals surface area contributed by atoms with Crippen LogP contribution in [0.4, 0.5) is 0 Å². The van der Waals surface area contributed by atoms with Gasteiger partial charge in [-0.05, 0) is 12.1 Å². The van der Waals surface area contributed by atoms with Crippen LogP contribution in [0.2, 0.25) is 0 Å². The summed E-state index contributed by atoms with van der Waals surface area (Å²) in [7, 11) is 0. The van der Waals surface area contributed by atoms with Crippen molar-refractivity contribution >= 4 is 0 Å². The highest BCUT2D eigenvalue weighted by Gasteiger charge is 1.93. The van der Waals surface area contributed by atoms with Gasteiger partial charge in [-0.1, -0.05) is 48.5 Å². The molecule has 2 aromatic heterocycles. The van der Waals surface area contributed by atoms with Crippen molar-refractivity contribution in [3.63, 3.8) is 0 Å². The Morgan fingerprint density at radius 1 is 0.500 bits per heavy atom. The van der Waals surface area contributed by atoms with E-state index in [0.29, 0.717) is 0 Å². The van der Waals surface area contributed by atoms with Crippen molar-refractivity contribution in [1.82, 2.24) is 9.97 Å². The van der Waals surface area contributed by atoms with Crippen LogP contribution in [0.25, 0.3) is 11.1 Å². The molecule has 18 heavy (non-hydrogen) atoms. The van der Waals surface area contributed by atoms with Crippen LogP contribution in [-0.4, -0.2) is 9.97 Å². The van der Waals surface area contributed by atoms with E-state index < -0.39 is 0 Å². The molecule has 0 radical (unpaired) electrons. The summed E-state index contributed by atoms with van der Waals surface area (Å²) in [4.78, 5) is 8.07. The molecule has 0 aliphatic carbocycles. The number of rotatable bonds is 1. The minimum atomic E-state index is 1.10. The van der Waals surface area contributed by atoms with Crippen LogP contribution in [0.5, 0.6) is 0 Å². The summed E-state index contributed by atoms with van der Waals surface area (Å²) in [5, 5.41) is 0. The third-order valence-electron chi connectivity index (χ3n) is 2.32. The average molecular weight is 234 g/mol. The van der Waals surface area contributed by atoms with Gasteiger partial charge in [0, 0.05) is 35.9 Å². The second kappa shape index (κ2) is 6.97. The van der Waals surface area contributed by atoms with E-state index in [2.05, 4.69) is 9.97 Å². The molecular weight excluding hydrogens is 220 g/mol. The zero-order chi connectivity index (χ0) is 12.5. The molecule has 0 aliphatic rings. The first-order chi connectivity index (χ1) is 8.97. The lowest BCUT2D eigenvalue weighted by Crippen LogP contribution is -1.79. The standard InChI is InChI=1S/C10H8N2.C6H6/c1-3-9(7-11-5-1)10-4-2-6-12-8-10;1-2-4-6-5-3-1/h1-8H;1-6H. The third-order valence-corrected chi connectivity index (χ3v) is 2.32. The van der Waals surface area contributed by atoms with Gasteiger partial charge in [0.15, 0.2) is 0 Å². The monoisotopic (exact) mass is 234 g/mol. The normalized spacial score (nSPS) is 9.11. The Hall–Kier alpha value is -2.48. The molecule has 0 saturated heterocycles. The van der Waals surface area contributed by atoms with E-state index in [0.717, 1.165) is 11.1 Å². The highest BCUT2D eigenvalue weighted by Crippen LogP contribution is 2.14. The molecular formula is C16H14N2. The van der Waals surface area contributed by atoms with Gasteiger partial charge in [0.05, 0.1) is 0 Å². The zero-order valence-corrected chi connectivity index (χ0v) is 9.98. The fraction of sp³-hybridized carbons (Fsp3) is 0. The van der Waals surface area contributed by atoms with E-state index in [-0.39, 0.29) is 0 Å². The minimum absolute atomic E-state index is 1.10. The topological polar surface area (TPSA) is 25.8 Å². The molecule has 3 aromatic rings. The lowest BCUT2D eigenvalue weighted by atomic mass is 10.1. The Labute approximate surface area is 107 Å². The fourth-order valence-electron chi connectivity index (χ4n) is 1.45. The second-order valence-corrected chi connectivity index (χ2v) is 3.64. The van der Waals surface area contributed by atoms with Gasteiger partial charge in [-0.15, -0.1) is 0 Å². The largest absolute Gasteiger partial charge is 0.264 e. The Balaban J connectivity index is 0.000000169.